The first-order valence-electron chi connectivity index (χ1n) is 5.96. The summed E-state index contributed by atoms with van der Waals surface area (Å²) in [7, 11) is 0. The van der Waals surface area contributed by atoms with Crippen LogP contribution in [-0.4, -0.2) is 28.6 Å². The van der Waals surface area contributed by atoms with Crippen molar-refractivity contribution in [2.45, 2.75) is 31.8 Å². The van der Waals surface area contributed by atoms with E-state index in [4.69, 9.17) is 0 Å². The third-order valence-electron chi connectivity index (χ3n) is 3.24. The lowest BCUT2D eigenvalue weighted by atomic mass is 10.0. The number of benzene rings is 1. The number of hydrogen-bond donors (Lipinski definition) is 1. The van der Waals surface area contributed by atoms with E-state index in [1.54, 1.807) is 0 Å². The number of hydrogen-bond acceptors (Lipinski definition) is 2. The molecule has 0 unspecified atom stereocenters. The molecule has 98 valence electrons. The molecule has 5 heteroatoms. The van der Waals surface area contributed by atoms with Gasteiger partial charge in [0.25, 0.3) is 0 Å². The van der Waals surface area contributed by atoms with Gasteiger partial charge in [0.2, 0.25) is 5.91 Å². The minimum atomic E-state index is -0.919. The summed E-state index contributed by atoms with van der Waals surface area (Å²) in [6, 6.07) is 3.37. The number of aliphatic hydroxyl groups excluding tert-OH is 1. The number of piperidine rings is 1. The van der Waals surface area contributed by atoms with E-state index < -0.39 is 11.6 Å². The minimum absolute atomic E-state index is 0.0509. The summed E-state index contributed by atoms with van der Waals surface area (Å²) in [5.41, 5.74) is 0.530. The molecule has 0 saturated carbocycles. The number of halogens is 2. The van der Waals surface area contributed by atoms with Crippen molar-refractivity contribution in [3.8, 4) is 0 Å². The molecule has 1 N–H and O–H groups in total. The fraction of sp³-hybridized carbons (Fsp3) is 0.462. The number of rotatable bonds is 3. The molecule has 1 heterocycles. The molecule has 0 radical (unpaired) electrons. The Balaban J connectivity index is 2.15. The lowest BCUT2D eigenvalue weighted by molar-refractivity contribution is -0.138. The average Bonchev–Trinajstić information content (AvgIpc) is 2.36. The predicted octanol–water partition coefficient (Wildman–Crippen LogP) is 1.84. The second kappa shape index (κ2) is 5.44. The van der Waals surface area contributed by atoms with Crippen LogP contribution < -0.4 is 0 Å². The van der Waals surface area contributed by atoms with Gasteiger partial charge in [0.1, 0.15) is 0 Å². The Morgan fingerprint density at radius 1 is 1.33 bits per heavy atom. The molecule has 0 aliphatic carbocycles. The third-order valence-corrected chi connectivity index (χ3v) is 3.24. The largest absolute Gasteiger partial charge is 0.394 e. The highest BCUT2D eigenvalue weighted by molar-refractivity contribution is 5.77. The smallest absolute Gasteiger partial charge is 0.223 e. The van der Waals surface area contributed by atoms with Crippen molar-refractivity contribution >= 4 is 5.91 Å². The van der Waals surface area contributed by atoms with Gasteiger partial charge in [0.15, 0.2) is 11.6 Å². The van der Waals surface area contributed by atoms with Gasteiger partial charge in [0, 0.05) is 13.0 Å². The van der Waals surface area contributed by atoms with Gasteiger partial charge in [-0.3, -0.25) is 4.79 Å². The summed E-state index contributed by atoms with van der Waals surface area (Å²) in [5.74, 6) is -1.87. The summed E-state index contributed by atoms with van der Waals surface area (Å²) in [5, 5.41) is 9.23. The highest BCUT2D eigenvalue weighted by Crippen LogP contribution is 2.21. The molecule has 1 aromatic carbocycles. The van der Waals surface area contributed by atoms with E-state index in [0.29, 0.717) is 12.0 Å². The van der Waals surface area contributed by atoms with E-state index in [2.05, 4.69) is 0 Å². The maximum absolute atomic E-state index is 13.1. The van der Waals surface area contributed by atoms with Gasteiger partial charge < -0.3 is 10.0 Å². The maximum Gasteiger partial charge on any atom is 0.223 e. The summed E-state index contributed by atoms with van der Waals surface area (Å²) in [6.07, 6.45) is 1.95. The fourth-order valence-electron chi connectivity index (χ4n) is 2.23. The fourth-order valence-corrected chi connectivity index (χ4v) is 2.23. The van der Waals surface area contributed by atoms with Crippen molar-refractivity contribution in [3.05, 3.63) is 35.4 Å². The predicted molar refractivity (Wildman–Crippen MR) is 61.6 cm³/mol. The Bertz CT molecular complexity index is 451. The number of aliphatic hydroxyl groups is 1. The Labute approximate surface area is 104 Å². The van der Waals surface area contributed by atoms with Crippen molar-refractivity contribution in [1.82, 2.24) is 4.90 Å². The highest BCUT2D eigenvalue weighted by atomic mass is 19.2. The van der Waals surface area contributed by atoms with Crippen LogP contribution in [0.1, 0.15) is 24.8 Å². The normalized spacial score (nSPS) is 20.3. The first kappa shape index (κ1) is 13.0. The van der Waals surface area contributed by atoms with Gasteiger partial charge in [-0.2, -0.15) is 0 Å². The van der Waals surface area contributed by atoms with E-state index in [1.165, 1.54) is 11.0 Å². The topological polar surface area (TPSA) is 40.5 Å². The zero-order valence-corrected chi connectivity index (χ0v) is 9.90. The van der Waals surface area contributed by atoms with Crippen LogP contribution in [0.5, 0.6) is 0 Å². The van der Waals surface area contributed by atoms with Crippen LogP contribution >= 0.6 is 0 Å². The van der Waals surface area contributed by atoms with Crippen LogP contribution in [0, 0.1) is 11.6 Å². The monoisotopic (exact) mass is 255 g/mol. The molecule has 1 saturated heterocycles. The molecule has 0 bridgehead atoms. The molecule has 1 aliphatic rings. The van der Waals surface area contributed by atoms with Crippen LogP contribution in [0.2, 0.25) is 0 Å². The zero-order chi connectivity index (χ0) is 13.1. The molecule has 0 spiro atoms. The van der Waals surface area contributed by atoms with Crippen LogP contribution in [0.4, 0.5) is 8.78 Å². The Morgan fingerprint density at radius 2 is 2.11 bits per heavy atom. The molecule has 1 atom stereocenters. The number of carbonyl (C=O) groups is 1. The second-order valence-electron chi connectivity index (χ2n) is 4.50. The van der Waals surface area contributed by atoms with Gasteiger partial charge in [-0.05, 0) is 30.5 Å². The van der Waals surface area contributed by atoms with Gasteiger partial charge in [-0.25, -0.2) is 8.78 Å². The maximum atomic E-state index is 13.1. The minimum Gasteiger partial charge on any atom is -0.394 e. The lowest BCUT2D eigenvalue weighted by Crippen LogP contribution is -2.44. The highest BCUT2D eigenvalue weighted by Gasteiger charge is 2.27. The van der Waals surface area contributed by atoms with E-state index in [1.807, 2.05) is 0 Å². The summed E-state index contributed by atoms with van der Waals surface area (Å²) < 4.78 is 25.9. The van der Waals surface area contributed by atoms with Crippen LogP contribution in [0.15, 0.2) is 18.2 Å². The molecule has 2 rings (SSSR count). The quantitative estimate of drug-likeness (QED) is 0.895. The first-order valence-corrected chi connectivity index (χ1v) is 5.96. The molecule has 1 aromatic rings. The van der Waals surface area contributed by atoms with Crippen molar-refractivity contribution in [2.24, 2.45) is 0 Å². The molecule has 1 aliphatic heterocycles. The number of likely N-dealkylation sites (tertiary alicyclic amines) is 1. The third kappa shape index (κ3) is 2.67. The Hall–Kier alpha value is -1.49. The second-order valence-corrected chi connectivity index (χ2v) is 4.50. The van der Waals surface area contributed by atoms with Gasteiger partial charge in [-0.15, -0.1) is 0 Å². The molecular weight excluding hydrogens is 240 g/mol. The Morgan fingerprint density at radius 3 is 2.78 bits per heavy atom. The lowest BCUT2D eigenvalue weighted by Gasteiger charge is -2.34. The van der Waals surface area contributed by atoms with Crippen molar-refractivity contribution in [3.63, 3.8) is 0 Å². The van der Waals surface area contributed by atoms with E-state index in [9.17, 15) is 18.7 Å². The molecule has 0 aromatic heterocycles. The standard InChI is InChI=1S/C13H15F2NO2/c14-11-5-4-9(6-12(11)15)7-16-10(8-17)2-1-3-13(16)18/h4-6,10,17H,1-3,7-8H2/t10-/m1/s1. The SMILES string of the molecule is O=C1CCC[C@H](CO)N1Cc1ccc(F)c(F)c1. The Kier molecular flexibility index (Phi) is 3.91. The summed E-state index contributed by atoms with van der Waals surface area (Å²) >= 11 is 0. The molecule has 18 heavy (non-hydrogen) atoms. The molecule has 3 nitrogen and oxygen atoms in total. The van der Waals surface area contributed by atoms with Crippen molar-refractivity contribution in [2.75, 3.05) is 6.61 Å². The summed E-state index contributed by atoms with van der Waals surface area (Å²) in [4.78, 5) is 13.3. The van der Waals surface area contributed by atoms with Crippen LogP contribution in [0.25, 0.3) is 0 Å². The van der Waals surface area contributed by atoms with Crippen molar-refractivity contribution < 1.29 is 18.7 Å². The van der Waals surface area contributed by atoms with E-state index >= 15 is 0 Å². The molecule has 1 amide bonds. The van der Waals surface area contributed by atoms with E-state index in [-0.39, 0.29) is 25.1 Å². The van der Waals surface area contributed by atoms with E-state index in [0.717, 1.165) is 25.0 Å². The van der Waals surface area contributed by atoms with Crippen LogP contribution in [0.3, 0.4) is 0 Å². The first-order chi connectivity index (χ1) is 8.61. The average molecular weight is 255 g/mol. The molecular formula is C13H15F2NO2. The van der Waals surface area contributed by atoms with Gasteiger partial charge in [-0.1, -0.05) is 6.07 Å². The zero-order valence-electron chi connectivity index (χ0n) is 9.90. The molecule has 1 fully saturated rings. The summed E-state index contributed by atoms with van der Waals surface area (Å²) in [6.45, 7) is 0.108. The van der Waals surface area contributed by atoms with Gasteiger partial charge in [0.05, 0.1) is 12.6 Å². The van der Waals surface area contributed by atoms with Crippen LogP contribution in [-0.2, 0) is 11.3 Å². The number of carbonyl (C=O) groups excluding carboxylic acids is 1. The van der Waals surface area contributed by atoms with Crippen molar-refractivity contribution in [1.29, 1.82) is 0 Å². The van der Waals surface area contributed by atoms with Gasteiger partial charge >= 0.3 is 0 Å². The number of nitrogens with zero attached hydrogens (tertiary/aromatic N) is 1. The number of amides is 1.